The predicted octanol–water partition coefficient (Wildman–Crippen LogP) is 3.18. The first-order chi connectivity index (χ1) is 46.5. The molecule has 4 aliphatic rings. The third-order valence-electron chi connectivity index (χ3n) is 16.8. The Bertz CT molecular complexity index is 2670. The number of hydrogen-bond donors (Lipinski definition) is 10. The molecule has 8 amide bonds. The summed E-state index contributed by atoms with van der Waals surface area (Å²) in [6, 6.07) is 3.42. The number of primary amides is 1. The number of nitrogens with one attached hydrogen (secondary N) is 7. The number of urea groups is 1. The molecule has 3 saturated heterocycles. The van der Waals surface area contributed by atoms with Crippen LogP contribution in [0.25, 0.3) is 0 Å². The molecule has 0 aromatic heterocycles. The first-order valence-electron chi connectivity index (χ1n) is 34.1. The Morgan fingerprint density at radius 2 is 1.34 bits per heavy atom. The van der Waals surface area contributed by atoms with Gasteiger partial charge in [-0.25, -0.2) is 9.59 Å². The van der Waals surface area contributed by atoms with Crippen molar-refractivity contribution in [3.63, 3.8) is 0 Å². The van der Waals surface area contributed by atoms with E-state index < -0.39 is 77.9 Å². The van der Waals surface area contributed by atoms with E-state index in [4.69, 9.17) is 63.6 Å². The molecule has 29 nitrogen and oxygen atoms in total. The molecule has 3 aliphatic heterocycles. The molecule has 546 valence electrons. The summed E-state index contributed by atoms with van der Waals surface area (Å²) >= 11 is 0. The van der Waals surface area contributed by atoms with E-state index >= 15 is 0 Å². The molecule has 4 fully saturated rings. The van der Waals surface area contributed by atoms with E-state index in [1.807, 2.05) is 26.0 Å². The second-order valence-corrected chi connectivity index (χ2v) is 25.4. The highest BCUT2D eigenvalue weighted by molar-refractivity contribution is 5.98. The van der Waals surface area contributed by atoms with Gasteiger partial charge in [0, 0.05) is 56.7 Å². The number of aliphatic hydroxyl groups is 1. The number of carbonyl (C=O) groups excluding carboxylic acids is 8. The second-order valence-electron chi connectivity index (χ2n) is 25.4. The number of esters is 1. The van der Waals surface area contributed by atoms with Gasteiger partial charge in [0.05, 0.1) is 117 Å². The summed E-state index contributed by atoms with van der Waals surface area (Å²) in [5, 5.41) is 31.2. The monoisotopic (exact) mass is 1370 g/mol. The predicted molar refractivity (Wildman–Crippen MR) is 357 cm³/mol. The summed E-state index contributed by atoms with van der Waals surface area (Å²) in [7, 11) is 0. The molecule has 1 saturated carbocycles. The average Bonchev–Trinajstić information content (AvgIpc) is 1.60. The van der Waals surface area contributed by atoms with E-state index in [9.17, 15) is 43.5 Å². The van der Waals surface area contributed by atoms with Crippen LogP contribution in [0.3, 0.4) is 0 Å². The summed E-state index contributed by atoms with van der Waals surface area (Å²) < 4.78 is 61.7. The van der Waals surface area contributed by atoms with Crippen molar-refractivity contribution in [3.05, 3.63) is 65.8 Å². The lowest BCUT2D eigenvalue weighted by Gasteiger charge is -2.39. The molecule has 29 heteroatoms. The molecule has 0 bridgehead atoms. The number of allylic oxidation sites excluding steroid dienone is 2. The smallest absolute Gasteiger partial charge is 0.407 e. The number of rotatable bonds is 44. The van der Waals surface area contributed by atoms with Gasteiger partial charge in [-0.1, -0.05) is 56.7 Å². The number of nitrogens with two attached hydrogens (primary N) is 2. The maximum Gasteiger partial charge on any atom is 0.407 e. The summed E-state index contributed by atoms with van der Waals surface area (Å²) in [6.45, 7) is 18.1. The summed E-state index contributed by atoms with van der Waals surface area (Å²) in [5.41, 5.74) is 11.8. The SMILES string of the molecule is CC(=O)O[C@@H](C)/C=C\C(=O)N[C@@H]1C[C@H](C)[C@H](C/C=C(C)/C=C/[C@H]2O[C@H](CC(=O)N[C@H]3CC[C@H](NC(=O)OCc4ccc(NC(=O)[C@H](CCCNC(N)=O)NC(=O)[C@@H](NC(=O)CCOCCOCCOCCOCCOCCOCCN)C(C)C)cc4)CC3)C[C@@]3(CO3)[C@@H]2O)O[C@@H]1C. The highest BCUT2D eigenvalue weighted by Gasteiger charge is 2.58. The molecule has 1 aliphatic carbocycles. The number of ether oxygens (including phenoxy) is 11. The van der Waals surface area contributed by atoms with E-state index in [-0.39, 0.29) is 99.6 Å². The topological polar surface area (TPSA) is 398 Å². The fourth-order valence-electron chi connectivity index (χ4n) is 11.3. The lowest BCUT2D eigenvalue weighted by Crippen LogP contribution is -2.54. The van der Waals surface area contributed by atoms with Gasteiger partial charge in [-0.15, -0.1) is 0 Å². The molecule has 12 N–H and O–H groups in total. The molecular weight excluding hydrogens is 1260 g/mol. The quantitative estimate of drug-likeness (QED) is 0.0147. The van der Waals surface area contributed by atoms with Crippen molar-refractivity contribution in [3.8, 4) is 0 Å². The van der Waals surface area contributed by atoms with E-state index in [2.05, 4.69) is 50.2 Å². The van der Waals surface area contributed by atoms with Gasteiger partial charge in [-0.2, -0.15) is 0 Å². The highest BCUT2D eigenvalue weighted by Crippen LogP contribution is 2.43. The molecule has 0 unspecified atom stereocenters. The molecule has 97 heavy (non-hydrogen) atoms. The van der Waals surface area contributed by atoms with Crippen LogP contribution in [0.15, 0.2) is 60.2 Å². The molecule has 11 atom stereocenters. The first-order valence-corrected chi connectivity index (χ1v) is 34.1. The molecule has 5 rings (SSSR count). The maximum atomic E-state index is 13.7. The molecule has 3 heterocycles. The Morgan fingerprint density at radius 3 is 1.92 bits per heavy atom. The van der Waals surface area contributed by atoms with Crippen molar-refractivity contribution in [2.45, 2.75) is 198 Å². The number of benzene rings is 1. The van der Waals surface area contributed by atoms with Crippen LogP contribution in [-0.2, 0) is 87.5 Å². The third kappa shape index (κ3) is 32.3. The van der Waals surface area contributed by atoms with Gasteiger partial charge in [-0.05, 0) is 108 Å². The van der Waals surface area contributed by atoms with Crippen LogP contribution in [0, 0.1) is 11.8 Å². The molecule has 1 spiro atoms. The standard InChI is InChI=1S/C68H109N9O20/c1-44(2)62(77-60(80)24-27-87-29-31-89-33-35-91-37-38-92-36-34-90-32-30-88-28-25-69)65(84)76-55(9-8-26-71-66(70)85)64(83)73-52-15-13-50(14-16-52)42-93-67(86)74-53-19-17-51(18-20-53)72-61(81)40-54-41-68(43-94-68)63(82)58(97-54)22-11-45(3)10-21-57-46(4)39-56(48(6)96-57)75-59(79)23-12-47(5)95-49(7)78/h10-16,22-23,44,46-48,51,53-58,62-63,82H,8-9,17-21,24-43,69H2,1-7H3,(H,72,81)(H,73,83)(H,74,86)(H,75,79)(H,76,84)(H,77,80)(H3,70,71,85)/b22-11+,23-12-,45-10+/t46-,47-,48+,51-,53-,54+,55-,56+,57-,58+,62-,63+,68+/m0/s1. The van der Waals surface area contributed by atoms with Crippen LogP contribution in [0.1, 0.15) is 125 Å². The number of amides is 8. The third-order valence-corrected chi connectivity index (χ3v) is 16.8. The highest BCUT2D eigenvalue weighted by atomic mass is 16.6. The van der Waals surface area contributed by atoms with Crippen LogP contribution in [0.5, 0.6) is 0 Å². The minimum atomic E-state index is -1.06. The molecule has 1 aromatic rings. The van der Waals surface area contributed by atoms with E-state index in [0.29, 0.717) is 135 Å². The lowest BCUT2D eigenvalue weighted by atomic mass is 9.87. The fraction of sp³-hybridized carbons (Fsp3) is 0.706. The maximum absolute atomic E-state index is 13.7. The Labute approximate surface area is 570 Å². The Kier molecular flexibility index (Phi) is 37.1. The van der Waals surface area contributed by atoms with Crippen molar-refractivity contribution in [2.75, 3.05) is 104 Å². The lowest BCUT2D eigenvalue weighted by molar-refractivity contribution is -0.146. The zero-order chi connectivity index (χ0) is 70.5. The molecule has 1 aromatic carbocycles. The number of alkyl carbamates (subject to hydrolysis) is 1. The molecular formula is C68H109N9O20. The number of carbonyl (C=O) groups is 8. The van der Waals surface area contributed by atoms with E-state index in [0.717, 1.165) is 12.0 Å². The Hall–Kier alpha value is -6.64. The van der Waals surface area contributed by atoms with Crippen LogP contribution in [0.4, 0.5) is 15.3 Å². The number of aliphatic hydroxyl groups excluding tert-OH is 1. The van der Waals surface area contributed by atoms with Crippen molar-refractivity contribution in [1.82, 2.24) is 31.9 Å². The first kappa shape index (κ1) is 81.0. The largest absolute Gasteiger partial charge is 0.459 e. The second kappa shape index (κ2) is 44.4. The van der Waals surface area contributed by atoms with Crippen molar-refractivity contribution < 1.29 is 95.6 Å². The number of anilines is 1. The van der Waals surface area contributed by atoms with Crippen molar-refractivity contribution >= 4 is 53.3 Å². The summed E-state index contributed by atoms with van der Waals surface area (Å²) in [6.07, 6.45) is 9.95. The van der Waals surface area contributed by atoms with Gasteiger partial charge < -0.3 is 106 Å². The minimum Gasteiger partial charge on any atom is -0.459 e. The van der Waals surface area contributed by atoms with E-state index in [1.165, 1.54) is 19.1 Å². The zero-order valence-electron chi connectivity index (χ0n) is 57.7. The Balaban J connectivity index is 0.959. The van der Waals surface area contributed by atoms with Crippen LogP contribution in [-0.4, -0.2) is 224 Å². The van der Waals surface area contributed by atoms with Crippen molar-refractivity contribution in [2.24, 2.45) is 23.3 Å². The van der Waals surface area contributed by atoms with Gasteiger partial charge in [0.2, 0.25) is 29.5 Å². The van der Waals surface area contributed by atoms with Gasteiger partial charge >= 0.3 is 18.1 Å². The average molecular weight is 1370 g/mol. The number of hydrogen-bond acceptors (Lipinski definition) is 21. The van der Waals surface area contributed by atoms with Gasteiger partial charge in [-0.3, -0.25) is 28.8 Å². The molecule has 0 radical (unpaired) electrons. The normalized spacial score (nSPS) is 24.2. The van der Waals surface area contributed by atoms with Crippen LogP contribution in [0.2, 0.25) is 0 Å². The van der Waals surface area contributed by atoms with Crippen molar-refractivity contribution in [1.29, 1.82) is 0 Å². The fourth-order valence-corrected chi connectivity index (χ4v) is 11.3. The summed E-state index contributed by atoms with van der Waals surface area (Å²) in [4.78, 5) is 102. The van der Waals surface area contributed by atoms with Gasteiger partial charge in [0.15, 0.2) is 0 Å². The number of epoxide rings is 1. The van der Waals surface area contributed by atoms with Gasteiger partial charge in [0.25, 0.3) is 0 Å². The van der Waals surface area contributed by atoms with Crippen LogP contribution < -0.4 is 48.7 Å². The van der Waals surface area contributed by atoms with E-state index in [1.54, 1.807) is 45.0 Å². The Morgan fingerprint density at radius 1 is 0.742 bits per heavy atom. The summed E-state index contributed by atoms with van der Waals surface area (Å²) in [5.74, 6) is -2.60. The van der Waals surface area contributed by atoms with Crippen LogP contribution >= 0.6 is 0 Å². The minimum absolute atomic E-state index is 0.0199. The van der Waals surface area contributed by atoms with Gasteiger partial charge in [0.1, 0.15) is 42.6 Å². The zero-order valence-corrected chi connectivity index (χ0v) is 57.7.